The summed E-state index contributed by atoms with van der Waals surface area (Å²) in [6.07, 6.45) is 13.9. The number of aromatic nitrogens is 2. The lowest BCUT2D eigenvalue weighted by atomic mass is 10.1. The minimum absolute atomic E-state index is 0.470. The Kier molecular flexibility index (Phi) is 5.57. The molecular formula is C12H19N3. The van der Waals surface area contributed by atoms with Crippen LogP contribution in [0, 0.1) is 12.3 Å². The second kappa shape index (κ2) is 7.08. The smallest absolute Gasteiger partial charge is 0.0945 e. The number of hydrogen-bond acceptors (Lipinski definition) is 2. The lowest BCUT2D eigenvalue weighted by Crippen LogP contribution is -2.29. The van der Waals surface area contributed by atoms with E-state index >= 15 is 0 Å². The van der Waals surface area contributed by atoms with Crippen molar-refractivity contribution in [3.63, 3.8) is 0 Å². The maximum atomic E-state index is 5.28. The molecule has 1 aromatic heterocycles. The molecule has 1 unspecified atom stereocenters. The summed E-state index contributed by atoms with van der Waals surface area (Å²) in [4.78, 5) is 4.00. The lowest BCUT2D eigenvalue weighted by Gasteiger charge is -2.13. The summed E-state index contributed by atoms with van der Waals surface area (Å²) < 4.78 is 2.09. The van der Waals surface area contributed by atoms with Crippen LogP contribution in [0.3, 0.4) is 0 Å². The van der Waals surface area contributed by atoms with Crippen LogP contribution in [-0.4, -0.2) is 22.1 Å². The first-order valence-corrected chi connectivity index (χ1v) is 5.49. The zero-order valence-electron chi connectivity index (χ0n) is 9.32. The van der Waals surface area contributed by atoms with E-state index in [4.69, 9.17) is 6.42 Å². The molecule has 0 radical (unpaired) electrons. The molecule has 1 heterocycles. The lowest BCUT2D eigenvalue weighted by molar-refractivity contribution is 0.483. The van der Waals surface area contributed by atoms with Gasteiger partial charge in [0.15, 0.2) is 0 Å². The van der Waals surface area contributed by atoms with Crippen LogP contribution in [0.4, 0.5) is 0 Å². The van der Waals surface area contributed by atoms with Gasteiger partial charge >= 0.3 is 0 Å². The molecule has 3 nitrogen and oxygen atoms in total. The Bertz CT molecular complexity index is 284. The van der Waals surface area contributed by atoms with Gasteiger partial charge in [0.2, 0.25) is 0 Å². The predicted molar refractivity (Wildman–Crippen MR) is 62.4 cm³/mol. The summed E-state index contributed by atoms with van der Waals surface area (Å²) in [6.45, 7) is 4.18. The Hall–Kier alpha value is -1.27. The Labute approximate surface area is 91.9 Å². The van der Waals surface area contributed by atoms with Gasteiger partial charge in [-0.1, -0.05) is 6.92 Å². The summed E-state index contributed by atoms with van der Waals surface area (Å²) in [5.74, 6) is 2.70. The molecular weight excluding hydrogens is 186 g/mol. The molecule has 0 amide bonds. The molecule has 1 N–H and O–H groups in total. The maximum absolute atomic E-state index is 5.28. The number of hydrogen-bond donors (Lipinski definition) is 1. The van der Waals surface area contributed by atoms with Gasteiger partial charge in [0.05, 0.1) is 6.33 Å². The van der Waals surface area contributed by atoms with E-state index in [9.17, 15) is 0 Å². The molecule has 0 aliphatic heterocycles. The van der Waals surface area contributed by atoms with Crippen molar-refractivity contribution in [2.45, 2.75) is 38.8 Å². The third kappa shape index (κ3) is 4.66. The molecule has 0 saturated carbocycles. The van der Waals surface area contributed by atoms with Crippen LogP contribution in [-0.2, 0) is 6.54 Å². The molecule has 0 saturated heterocycles. The highest BCUT2D eigenvalue weighted by molar-refractivity contribution is 4.89. The molecule has 1 rings (SSSR count). The third-order valence-corrected chi connectivity index (χ3v) is 2.44. The van der Waals surface area contributed by atoms with E-state index in [-0.39, 0.29) is 0 Å². The van der Waals surface area contributed by atoms with Crippen LogP contribution >= 0.6 is 0 Å². The van der Waals surface area contributed by atoms with Gasteiger partial charge in [-0.15, -0.1) is 12.3 Å². The van der Waals surface area contributed by atoms with Gasteiger partial charge < -0.3 is 9.88 Å². The van der Waals surface area contributed by atoms with Crippen LogP contribution in [0.5, 0.6) is 0 Å². The van der Waals surface area contributed by atoms with Gasteiger partial charge in [0.1, 0.15) is 0 Å². The van der Waals surface area contributed by atoms with Crippen molar-refractivity contribution in [1.29, 1.82) is 0 Å². The molecule has 0 fully saturated rings. The largest absolute Gasteiger partial charge is 0.337 e. The molecule has 0 aliphatic rings. The first-order valence-electron chi connectivity index (χ1n) is 5.49. The summed E-state index contributed by atoms with van der Waals surface area (Å²) in [6, 6.07) is 0.470. The average Bonchev–Trinajstić information content (AvgIpc) is 2.75. The Balaban J connectivity index is 2.08. The van der Waals surface area contributed by atoms with Crippen LogP contribution in [0.15, 0.2) is 18.7 Å². The van der Waals surface area contributed by atoms with Gasteiger partial charge in [-0.05, 0) is 19.4 Å². The van der Waals surface area contributed by atoms with Crippen molar-refractivity contribution in [2.75, 3.05) is 6.54 Å². The van der Waals surface area contributed by atoms with E-state index in [0.717, 1.165) is 32.4 Å². The molecule has 0 spiro atoms. The fourth-order valence-corrected chi connectivity index (χ4v) is 1.49. The number of nitrogens with one attached hydrogen (secondary N) is 1. The number of nitrogens with zero attached hydrogens (tertiary/aromatic N) is 2. The van der Waals surface area contributed by atoms with Gasteiger partial charge in [-0.3, -0.25) is 0 Å². The topological polar surface area (TPSA) is 29.9 Å². The van der Waals surface area contributed by atoms with Crippen molar-refractivity contribution in [3.05, 3.63) is 18.7 Å². The Morgan fingerprint density at radius 1 is 1.60 bits per heavy atom. The Morgan fingerprint density at radius 3 is 3.07 bits per heavy atom. The van der Waals surface area contributed by atoms with Crippen LogP contribution in [0.25, 0.3) is 0 Å². The fraction of sp³-hybridized carbons (Fsp3) is 0.583. The zero-order chi connectivity index (χ0) is 10.9. The van der Waals surface area contributed by atoms with E-state index in [1.807, 2.05) is 12.5 Å². The van der Waals surface area contributed by atoms with Gasteiger partial charge in [0.25, 0.3) is 0 Å². The average molecular weight is 205 g/mol. The quantitative estimate of drug-likeness (QED) is 0.542. The highest BCUT2D eigenvalue weighted by atomic mass is 15.0. The van der Waals surface area contributed by atoms with Crippen molar-refractivity contribution < 1.29 is 0 Å². The minimum Gasteiger partial charge on any atom is -0.337 e. The summed E-state index contributed by atoms with van der Waals surface area (Å²) >= 11 is 0. The number of rotatable bonds is 7. The third-order valence-electron chi connectivity index (χ3n) is 2.44. The number of terminal acetylenes is 1. The first-order chi connectivity index (χ1) is 7.36. The highest BCUT2D eigenvalue weighted by Crippen LogP contribution is 1.96. The first kappa shape index (κ1) is 11.8. The van der Waals surface area contributed by atoms with Crippen LogP contribution in [0.1, 0.15) is 26.2 Å². The van der Waals surface area contributed by atoms with Crippen molar-refractivity contribution in [3.8, 4) is 12.3 Å². The second-order valence-corrected chi connectivity index (χ2v) is 3.62. The highest BCUT2D eigenvalue weighted by Gasteiger charge is 2.01. The second-order valence-electron chi connectivity index (χ2n) is 3.62. The Morgan fingerprint density at radius 2 is 2.47 bits per heavy atom. The molecule has 82 valence electrons. The van der Waals surface area contributed by atoms with Gasteiger partial charge in [-0.25, -0.2) is 4.98 Å². The molecule has 1 aromatic rings. The monoisotopic (exact) mass is 205 g/mol. The molecule has 15 heavy (non-hydrogen) atoms. The number of aryl methyl sites for hydroxylation is 1. The van der Waals surface area contributed by atoms with Gasteiger partial charge in [-0.2, -0.15) is 0 Å². The van der Waals surface area contributed by atoms with E-state index in [2.05, 4.69) is 27.7 Å². The maximum Gasteiger partial charge on any atom is 0.0945 e. The van der Waals surface area contributed by atoms with E-state index in [1.54, 1.807) is 6.20 Å². The number of imidazole rings is 1. The fourth-order valence-electron chi connectivity index (χ4n) is 1.49. The molecule has 0 bridgehead atoms. The molecule has 0 aliphatic carbocycles. The van der Waals surface area contributed by atoms with Crippen LogP contribution in [0.2, 0.25) is 0 Å². The minimum atomic E-state index is 0.470. The van der Waals surface area contributed by atoms with Crippen LogP contribution < -0.4 is 5.32 Å². The summed E-state index contributed by atoms with van der Waals surface area (Å²) in [5, 5.41) is 3.46. The summed E-state index contributed by atoms with van der Waals surface area (Å²) in [5.41, 5.74) is 0. The molecule has 1 atom stereocenters. The molecule has 3 heteroatoms. The molecule has 0 aromatic carbocycles. The van der Waals surface area contributed by atoms with E-state index in [1.165, 1.54) is 0 Å². The zero-order valence-corrected chi connectivity index (χ0v) is 9.32. The SMILES string of the molecule is C#CCC(CC)NCCCn1ccnc1. The summed E-state index contributed by atoms with van der Waals surface area (Å²) in [7, 11) is 0. The standard InChI is InChI=1S/C12H19N3/c1-3-6-12(4-2)14-7-5-9-15-10-8-13-11-15/h1,8,10-12,14H,4-7,9H2,2H3. The predicted octanol–water partition coefficient (Wildman–Crippen LogP) is 1.66. The van der Waals surface area contributed by atoms with Crippen molar-refractivity contribution >= 4 is 0 Å². The normalized spacial score (nSPS) is 12.3. The van der Waals surface area contributed by atoms with Crippen molar-refractivity contribution in [2.24, 2.45) is 0 Å². The van der Waals surface area contributed by atoms with E-state index < -0.39 is 0 Å². The van der Waals surface area contributed by atoms with Gasteiger partial charge in [0, 0.05) is 31.4 Å². The van der Waals surface area contributed by atoms with E-state index in [0.29, 0.717) is 6.04 Å². The van der Waals surface area contributed by atoms with Crippen molar-refractivity contribution in [1.82, 2.24) is 14.9 Å².